The summed E-state index contributed by atoms with van der Waals surface area (Å²) < 4.78 is 0. The first-order valence-electron chi connectivity index (χ1n) is 5.83. The number of aromatic nitrogens is 1. The maximum atomic E-state index is 4.30. The predicted octanol–water partition coefficient (Wildman–Crippen LogP) is 1.73. The number of hydrogen-bond donors (Lipinski definition) is 1. The van der Waals surface area contributed by atoms with Crippen LogP contribution in [0.5, 0.6) is 0 Å². The average Bonchev–Trinajstić information content (AvgIpc) is 3.02. The molecule has 0 radical (unpaired) electrons. The highest BCUT2D eigenvalue weighted by Crippen LogP contribution is 2.30. The lowest BCUT2D eigenvalue weighted by Gasteiger charge is -2.15. The smallest absolute Gasteiger partial charge is 0.126 e. The third kappa shape index (κ3) is 2.12. The molecule has 2 aliphatic rings. The van der Waals surface area contributed by atoms with Crippen molar-refractivity contribution in [3.05, 3.63) is 24.4 Å². The SMILES string of the molecule is c1ccc(NC2CCN(C3CC3)C2)nc1. The summed E-state index contributed by atoms with van der Waals surface area (Å²) in [5, 5.41) is 3.50. The number of nitrogens with one attached hydrogen (secondary N) is 1. The van der Waals surface area contributed by atoms with Crippen molar-refractivity contribution in [2.45, 2.75) is 31.3 Å². The van der Waals surface area contributed by atoms with Gasteiger partial charge in [-0.25, -0.2) is 4.98 Å². The summed E-state index contributed by atoms with van der Waals surface area (Å²) in [5.74, 6) is 1.01. The van der Waals surface area contributed by atoms with Gasteiger partial charge in [0.15, 0.2) is 0 Å². The molecule has 1 aromatic heterocycles. The van der Waals surface area contributed by atoms with Gasteiger partial charge in [0.05, 0.1) is 0 Å². The Hall–Kier alpha value is -1.09. The zero-order valence-corrected chi connectivity index (χ0v) is 8.89. The Morgan fingerprint density at radius 3 is 2.93 bits per heavy atom. The van der Waals surface area contributed by atoms with Gasteiger partial charge in [0.2, 0.25) is 0 Å². The first kappa shape index (κ1) is 9.16. The molecular weight excluding hydrogens is 186 g/mol. The van der Waals surface area contributed by atoms with E-state index in [0.717, 1.165) is 11.9 Å². The highest BCUT2D eigenvalue weighted by atomic mass is 15.2. The van der Waals surface area contributed by atoms with Crippen LogP contribution in [0.1, 0.15) is 19.3 Å². The molecule has 1 N–H and O–H groups in total. The molecule has 1 aliphatic heterocycles. The maximum Gasteiger partial charge on any atom is 0.126 e. The van der Waals surface area contributed by atoms with Crippen LogP contribution < -0.4 is 5.32 Å². The van der Waals surface area contributed by atoms with E-state index in [-0.39, 0.29) is 0 Å². The first-order chi connectivity index (χ1) is 7.42. The van der Waals surface area contributed by atoms with E-state index in [1.165, 1.54) is 32.4 Å². The van der Waals surface area contributed by atoms with E-state index in [4.69, 9.17) is 0 Å². The molecule has 3 rings (SSSR count). The van der Waals surface area contributed by atoms with Crippen molar-refractivity contribution in [3.8, 4) is 0 Å². The molecule has 1 unspecified atom stereocenters. The number of likely N-dealkylation sites (tertiary alicyclic amines) is 1. The Bertz CT molecular complexity index is 321. The molecule has 2 heterocycles. The molecule has 15 heavy (non-hydrogen) atoms. The molecule has 1 aliphatic carbocycles. The molecule has 0 spiro atoms. The molecule has 1 saturated carbocycles. The van der Waals surface area contributed by atoms with E-state index < -0.39 is 0 Å². The quantitative estimate of drug-likeness (QED) is 0.811. The van der Waals surface area contributed by atoms with E-state index in [0.29, 0.717) is 6.04 Å². The normalized spacial score (nSPS) is 26.8. The van der Waals surface area contributed by atoms with Crippen molar-refractivity contribution in [3.63, 3.8) is 0 Å². The summed E-state index contributed by atoms with van der Waals surface area (Å²) >= 11 is 0. The Kier molecular flexibility index (Phi) is 2.33. The van der Waals surface area contributed by atoms with Crippen LogP contribution >= 0.6 is 0 Å². The Labute approximate surface area is 90.5 Å². The average molecular weight is 203 g/mol. The number of anilines is 1. The van der Waals surface area contributed by atoms with Gasteiger partial charge in [0.25, 0.3) is 0 Å². The van der Waals surface area contributed by atoms with Crippen LogP contribution in [-0.4, -0.2) is 35.1 Å². The van der Waals surface area contributed by atoms with E-state index >= 15 is 0 Å². The van der Waals surface area contributed by atoms with Crippen molar-refractivity contribution in [2.24, 2.45) is 0 Å². The van der Waals surface area contributed by atoms with Crippen molar-refractivity contribution < 1.29 is 0 Å². The maximum absolute atomic E-state index is 4.30. The number of hydrogen-bond acceptors (Lipinski definition) is 3. The van der Waals surface area contributed by atoms with Crippen molar-refractivity contribution >= 4 is 5.82 Å². The number of nitrogens with zero attached hydrogens (tertiary/aromatic N) is 2. The first-order valence-corrected chi connectivity index (χ1v) is 5.83. The number of rotatable bonds is 3. The minimum absolute atomic E-state index is 0.598. The summed E-state index contributed by atoms with van der Waals surface area (Å²) in [7, 11) is 0. The Morgan fingerprint density at radius 2 is 2.20 bits per heavy atom. The fraction of sp³-hybridized carbons (Fsp3) is 0.583. The molecule has 2 fully saturated rings. The highest BCUT2D eigenvalue weighted by molar-refractivity contribution is 5.34. The highest BCUT2D eigenvalue weighted by Gasteiger charge is 2.34. The summed E-state index contributed by atoms with van der Waals surface area (Å²) in [5.41, 5.74) is 0. The standard InChI is InChI=1S/C12H17N3/c1-2-7-13-12(3-1)14-10-6-8-15(9-10)11-4-5-11/h1-3,7,10-11H,4-6,8-9H2,(H,13,14). The summed E-state index contributed by atoms with van der Waals surface area (Å²) in [4.78, 5) is 6.91. The largest absolute Gasteiger partial charge is 0.366 e. The third-order valence-corrected chi connectivity index (χ3v) is 3.30. The van der Waals surface area contributed by atoms with E-state index in [9.17, 15) is 0 Å². The Morgan fingerprint density at radius 1 is 1.27 bits per heavy atom. The fourth-order valence-corrected chi connectivity index (χ4v) is 2.33. The fourth-order valence-electron chi connectivity index (χ4n) is 2.33. The van der Waals surface area contributed by atoms with Gasteiger partial charge in [-0.3, -0.25) is 4.90 Å². The molecular formula is C12H17N3. The number of pyridine rings is 1. The van der Waals surface area contributed by atoms with Gasteiger partial charge in [-0.2, -0.15) is 0 Å². The lowest BCUT2D eigenvalue weighted by molar-refractivity contribution is 0.326. The lowest BCUT2D eigenvalue weighted by Crippen LogP contribution is -2.27. The molecule has 1 saturated heterocycles. The molecule has 3 heteroatoms. The van der Waals surface area contributed by atoms with Crippen molar-refractivity contribution in [1.82, 2.24) is 9.88 Å². The van der Waals surface area contributed by atoms with E-state index in [1.807, 2.05) is 24.4 Å². The van der Waals surface area contributed by atoms with Crippen LogP contribution in [0.2, 0.25) is 0 Å². The molecule has 0 bridgehead atoms. The lowest BCUT2D eigenvalue weighted by atomic mass is 10.2. The van der Waals surface area contributed by atoms with Crippen LogP contribution in [0.15, 0.2) is 24.4 Å². The van der Waals surface area contributed by atoms with Gasteiger partial charge in [0, 0.05) is 31.4 Å². The predicted molar refractivity (Wildman–Crippen MR) is 60.9 cm³/mol. The van der Waals surface area contributed by atoms with Crippen LogP contribution in [0.25, 0.3) is 0 Å². The van der Waals surface area contributed by atoms with Crippen LogP contribution in [0, 0.1) is 0 Å². The minimum atomic E-state index is 0.598. The van der Waals surface area contributed by atoms with Gasteiger partial charge >= 0.3 is 0 Å². The van der Waals surface area contributed by atoms with Gasteiger partial charge in [0.1, 0.15) is 5.82 Å². The topological polar surface area (TPSA) is 28.2 Å². The molecule has 80 valence electrons. The van der Waals surface area contributed by atoms with Crippen molar-refractivity contribution in [2.75, 3.05) is 18.4 Å². The van der Waals surface area contributed by atoms with Crippen LogP contribution in [-0.2, 0) is 0 Å². The summed E-state index contributed by atoms with van der Waals surface area (Å²) in [6, 6.07) is 7.53. The van der Waals surface area contributed by atoms with Gasteiger partial charge in [-0.15, -0.1) is 0 Å². The monoisotopic (exact) mass is 203 g/mol. The molecule has 3 nitrogen and oxygen atoms in total. The second kappa shape index (κ2) is 3.81. The zero-order chi connectivity index (χ0) is 10.1. The van der Waals surface area contributed by atoms with Crippen LogP contribution in [0.3, 0.4) is 0 Å². The molecule has 0 amide bonds. The summed E-state index contributed by atoms with van der Waals surface area (Å²) in [6.07, 6.45) is 5.93. The van der Waals surface area contributed by atoms with E-state index in [2.05, 4.69) is 15.2 Å². The van der Waals surface area contributed by atoms with E-state index in [1.54, 1.807) is 0 Å². The van der Waals surface area contributed by atoms with Gasteiger partial charge in [-0.05, 0) is 31.4 Å². The van der Waals surface area contributed by atoms with Gasteiger partial charge < -0.3 is 5.32 Å². The minimum Gasteiger partial charge on any atom is -0.366 e. The summed E-state index contributed by atoms with van der Waals surface area (Å²) in [6.45, 7) is 2.45. The molecule has 1 aromatic rings. The van der Waals surface area contributed by atoms with Crippen molar-refractivity contribution in [1.29, 1.82) is 0 Å². The van der Waals surface area contributed by atoms with Crippen LogP contribution in [0.4, 0.5) is 5.82 Å². The molecule has 0 aromatic carbocycles. The third-order valence-electron chi connectivity index (χ3n) is 3.30. The Balaban J connectivity index is 1.56. The molecule has 1 atom stereocenters. The second-order valence-corrected chi connectivity index (χ2v) is 4.57. The zero-order valence-electron chi connectivity index (χ0n) is 8.89. The second-order valence-electron chi connectivity index (χ2n) is 4.57. The van der Waals surface area contributed by atoms with Gasteiger partial charge in [-0.1, -0.05) is 6.07 Å².